The number of nitrogens with one attached hydrogen (secondary N) is 1. The van der Waals surface area contributed by atoms with Crippen molar-refractivity contribution in [1.29, 1.82) is 0 Å². The molecular formula is C11H14N2O2. The summed E-state index contributed by atoms with van der Waals surface area (Å²) in [5.41, 5.74) is 9.19. The van der Waals surface area contributed by atoms with Gasteiger partial charge in [0.2, 0.25) is 5.91 Å². The molecule has 0 saturated heterocycles. The van der Waals surface area contributed by atoms with E-state index in [1.807, 2.05) is 13.8 Å². The number of hydrogen-bond acceptors (Lipinski definition) is 3. The number of ether oxygens (including phenoxy) is 1. The van der Waals surface area contributed by atoms with Gasteiger partial charge in [-0.15, -0.1) is 0 Å². The molecule has 80 valence electrons. The molecule has 1 aliphatic rings. The fourth-order valence-electron chi connectivity index (χ4n) is 1.66. The van der Waals surface area contributed by atoms with Gasteiger partial charge < -0.3 is 15.8 Å². The lowest BCUT2D eigenvalue weighted by Gasteiger charge is -2.14. The van der Waals surface area contributed by atoms with Crippen LogP contribution >= 0.6 is 0 Å². The monoisotopic (exact) mass is 206 g/mol. The number of nitrogens with two attached hydrogens (primary N) is 1. The minimum Gasteiger partial charge on any atom is -0.491 e. The van der Waals surface area contributed by atoms with Gasteiger partial charge in [0, 0.05) is 5.69 Å². The van der Waals surface area contributed by atoms with Crippen molar-refractivity contribution in [2.75, 3.05) is 17.7 Å². The van der Waals surface area contributed by atoms with Crippen molar-refractivity contribution in [3.8, 4) is 5.75 Å². The standard InChI is InChI=1S/C11H14N2O2/c1-6-7(2)11-9(5-8(6)12)13-10(14)3-4-15-11/h5H,3-4,12H2,1-2H3,(H,13,14). The van der Waals surface area contributed by atoms with Gasteiger partial charge in [-0.3, -0.25) is 4.79 Å². The zero-order valence-corrected chi connectivity index (χ0v) is 8.89. The molecular weight excluding hydrogens is 192 g/mol. The molecule has 4 heteroatoms. The number of fused-ring (bicyclic) bond motifs is 1. The van der Waals surface area contributed by atoms with Gasteiger partial charge in [-0.25, -0.2) is 0 Å². The lowest BCUT2D eigenvalue weighted by Crippen LogP contribution is -2.10. The summed E-state index contributed by atoms with van der Waals surface area (Å²) in [7, 11) is 0. The molecule has 0 fully saturated rings. The zero-order valence-electron chi connectivity index (χ0n) is 8.89. The number of carbonyl (C=O) groups excluding carboxylic acids is 1. The summed E-state index contributed by atoms with van der Waals surface area (Å²) in [5.74, 6) is 0.712. The van der Waals surface area contributed by atoms with E-state index in [1.54, 1.807) is 6.07 Å². The molecule has 1 aromatic rings. The Morgan fingerprint density at radius 1 is 1.40 bits per heavy atom. The van der Waals surface area contributed by atoms with Crippen LogP contribution in [0.4, 0.5) is 11.4 Å². The van der Waals surface area contributed by atoms with Gasteiger partial charge in [-0.2, -0.15) is 0 Å². The van der Waals surface area contributed by atoms with Gasteiger partial charge >= 0.3 is 0 Å². The smallest absolute Gasteiger partial charge is 0.227 e. The molecule has 0 aromatic heterocycles. The number of rotatable bonds is 0. The third-order valence-electron chi connectivity index (χ3n) is 2.73. The Bertz CT molecular complexity index is 427. The second kappa shape index (κ2) is 3.46. The van der Waals surface area contributed by atoms with Gasteiger partial charge in [-0.05, 0) is 31.0 Å². The number of carbonyl (C=O) groups is 1. The Morgan fingerprint density at radius 2 is 2.13 bits per heavy atom. The van der Waals surface area contributed by atoms with Crippen molar-refractivity contribution >= 4 is 17.3 Å². The van der Waals surface area contributed by atoms with Crippen LogP contribution in [-0.4, -0.2) is 12.5 Å². The van der Waals surface area contributed by atoms with Crippen LogP contribution in [0.1, 0.15) is 17.5 Å². The summed E-state index contributed by atoms with van der Waals surface area (Å²) in [6.45, 7) is 4.31. The SMILES string of the molecule is Cc1c(N)cc2c(c1C)OCCC(=O)N2. The average molecular weight is 206 g/mol. The maximum absolute atomic E-state index is 11.3. The molecule has 0 bridgehead atoms. The second-order valence-electron chi connectivity index (χ2n) is 3.74. The highest BCUT2D eigenvalue weighted by atomic mass is 16.5. The van der Waals surface area contributed by atoms with Crippen LogP contribution in [-0.2, 0) is 4.79 Å². The lowest BCUT2D eigenvalue weighted by molar-refractivity contribution is -0.116. The Morgan fingerprint density at radius 3 is 2.87 bits per heavy atom. The quantitative estimate of drug-likeness (QED) is 0.634. The minimum absolute atomic E-state index is 0.0311. The number of hydrogen-bond donors (Lipinski definition) is 2. The summed E-state index contributed by atoms with van der Waals surface area (Å²) < 4.78 is 5.55. The first-order valence-electron chi connectivity index (χ1n) is 4.92. The lowest BCUT2D eigenvalue weighted by atomic mass is 10.1. The first kappa shape index (κ1) is 9.83. The molecule has 4 nitrogen and oxygen atoms in total. The molecule has 0 atom stereocenters. The van der Waals surface area contributed by atoms with Crippen LogP contribution in [0.2, 0.25) is 0 Å². The van der Waals surface area contributed by atoms with Crippen molar-refractivity contribution < 1.29 is 9.53 Å². The molecule has 0 aliphatic carbocycles. The average Bonchev–Trinajstić information content (AvgIpc) is 2.36. The molecule has 3 N–H and O–H groups in total. The number of amides is 1. The third-order valence-corrected chi connectivity index (χ3v) is 2.73. The molecule has 0 radical (unpaired) electrons. The molecule has 0 unspecified atom stereocenters. The van der Waals surface area contributed by atoms with Gasteiger partial charge in [0.15, 0.2) is 0 Å². The largest absolute Gasteiger partial charge is 0.491 e. The van der Waals surface area contributed by atoms with Crippen molar-refractivity contribution in [2.24, 2.45) is 0 Å². The first-order chi connectivity index (χ1) is 7.09. The highest BCUT2D eigenvalue weighted by Gasteiger charge is 2.18. The predicted octanol–water partition coefficient (Wildman–Crippen LogP) is 1.61. The van der Waals surface area contributed by atoms with Crippen LogP contribution in [0.25, 0.3) is 0 Å². The van der Waals surface area contributed by atoms with Crippen LogP contribution in [0.5, 0.6) is 5.75 Å². The van der Waals surface area contributed by atoms with E-state index >= 15 is 0 Å². The molecule has 15 heavy (non-hydrogen) atoms. The van der Waals surface area contributed by atoms with Crippen LogP contribution in [0, 0.1) is 13.8 Å². The first-order valence-corrected chi connectivity index (χ1v) is 4.92. The Labute approximate surface area is 88.4 Å². The van der Waals surface area contributed by atoms with Gasteiger partial charge in [0.1, 0.15) is 5.75 Å². The maximum Gasteiger partial charge on any atom is 0.227 e. The van der Waals surface area contributed by atoms with Gasteiger partial charge in [0.25, 0.3) is 0 Å². The molecule has 1 heterocycles. The van der Waals surface area contributed by atoms with Crippen LogP contribution < -0.4 is 15.8 Å². The van der Waals surface area contributed by atoms with Crippen molar-refractivity contribution in [3.63, 3.8) is 0 Å². The Kier molecular flexibility index (Phi) is 2.26. The molecule has 1 amide bonds. The third kappa shape index (κ3) is 1.63. The predicted molar refractivity (Wildman–Crippen MR) is 59.1 cm³/mol. The minimum atomic E-state index is -0.0311. The van der Waals surface area contributed by atoms with Crippen LogP contribution in [0.3, 0.4) is 0 Å². The summed E-state index contributed by atoms with van der Waals surface area (Å²) in [5, 5.41) is 2.79. The Balaban J connectivity index is 2.57. The normalized spacial score (nSPS) is 14.9. The van der Waals surface area contributed by atoms with E-state index in [1.165, 1.54) is 0 Å². The molecule has 0 spiro atoms. The summed E-state index contributed by atoms with van der Waals surface area (Å²) in [6, 6.07) is 1.75. The van der Waals surface area contributed by atoms with E-state index in [4.69, 9.17) is 10.5 Å². The van der Waals surface area contributed by atoms with E-state index in [-0.39, 0.29) is 5.91 Å². The molecule has 0 saturated carbocycles. The van der Waals surface area contributed by atoms with Crippen molar-refractivity contribution in [2.45, 2.75) is 20.3 Å². The molecule has 1 aromatic carbocycles. The summed E-state index contributed by atoms with van der Waals surface area (Å²) in [6.07, 6.45) is 0.382. The fraction of sp³-hybridized carbons (Fsp3) is 0.364. The number of anilines is 2. The topological polar surface area (TPSA) is 64.3 Å². The highest BCUT2D eigenvalue weighted by molar-refractivity contribution is 5.94. The van der Waals surface area contributed by atoms with Crippen molar-refractivity contribution in [3.05, 3.63) is 17.2 Å². The fourth-order valence-corrected chi connectivity index (χ4v) is 1.66. The van der Waals surface area contributed by atoms with Gasteiger partial charge in [0.05, 0.1) is 18.7 Å². The molecule has 1 aliphatic heterocycles. The second-order valence-corrected chi connectivity index (χ2v) is 3.74. The van der Waals surface area contributed by atoms with Crippen LogP contribution in [0.15, 0.2) is 6.07 Å². The molecule has 2 rings (SSSR count). The van der Waals surface area contributed by atoms with Crippen molar-refractivity contribution in [1.82, 2.24) is 0 Å². The number of benzene rings is 1. The Hall–Kier alpha value is -1.71. The van der Waals surface area contributed by atoms with E-state index in [9.17, 15) is 4.79 Å². The maximum atomic E-state index is 11.3. The summed E-state index contributed by atoms with van der Waals surface area (Å²) in [4.78, 5) is 11.3. The number of nitrogen functional groups attached to an aromatic ring is 1. The van der Waals surface area contributed by atoms with E-state index in [0.29, 0.717) is 24.4 Å². The van der Waals surface area contributed by atoms with E-state index in [2.05, 4.69) is 5.32 Å². The van der Waals surface area contributed by atoms with E-state index in [0.717, 1.165) is 16.9 Å². The van der Waals surface area contributed by atoms with Gasteiger partial charge in [-0.1, -0.05) is 0 Å². The van der Waals surface area contributed by atoms with E-state index < -0.39 is 0 Å². The zero-order chi connectivity index (χ0) is 11.0. The highest BCUT2D eigenvalue weighted by Crippen LogP contribution is 2.36. The summed E-state index contributed by atoms with van der Waals surface area (Å²) >= 11 is 0.